The van der Waals surface area contributed by atoms with E-state index in [1.807, 2.05) is 0 Å². The molecule has 0 spiro atoms. The summed E-state index contributed by atoms with van der Waals surface area (Å²) in [6.07, 6.45) is -4.02. The third-order valence-corrected chi connectivity index (χ3v) is 7.46. The smallest absolute Gasteiger partial charge is 0.355 e. The van der Waals surface area contributed by atoms with Gasteiger partial charge in [0.05, 0.1) is 11.5 Å². The van der Waals surface area contributed by atoms with Gasteiger partial charge >= 0.3 is 21.7 Å². The van der Waals surface area contributed by atoms with Crippen LogP contribution in [0.5, 0.6) is 0 Å². The number of carbonyl (C=O) groups is 1. The van der Waals surface area contributed by atoms with Crippen LogP contribution in [-0.2, 0) is 34.0 Å². The minimum atomic E-state index is -5.44. The van der Waals surface area contributed by atoms with Crippen molar-refractivity contribution in [1.82, 2.24) is 9.21 Å². The minimum Gasteiger partial charge on any atom is -0.355 e. The van der Waals surface area contributed by atoms with E-state index >= 15 is 0 Å². The molecule has 1 saturated heterocycles. The maximum absolute atomic E-state index is 12.8. The summed E-state index contributed by atoms with van der Waals surface area (Å²) in [5.41, 5.74) is -3.37. The van der Waals surface area contributed by atoms with E-state index in [9.17, 15) is 39.6 Å². The van der Waals surface area contributed by atoms with Gasteiger partial charge in [-0.25, -0.2) is 8.42 Å². The van der Waals surface area contributed by atoms with Crippen molar-refractivity contribution in [2.24, 2.45) is 5.92 Å². The average molecular weight is 507 g/mol. The summed E-state index contributed by atoms with van der Waals surface area (Å²) in [6, 6.07) is 9.85. The first-order chi connectivity index (χ1) is 15.8. The van der Waals surface area contributed by atoms with Crippen molar-refractivity contribution in [3.8, 4) is 0 Å². The number of hydrogen-bond donors (Lipinski definition) is 1. The molecule has 0 unspecified atom stereocenters. The number of nitrogens with zero attached hydrogens (tertiary/aromatic N) is 2. The first kappa shape index (κ1) is 24.3. The zero-order valence-electron chi connectivity index (χ0n) is 17.4. The molecule has 0 atom stereocenters. The number of amides is 1. The van der Waals surface area contributed by atoms with Gasteiger partial charge in [0.1, 0.15) is 0 Å². The Bertz CT molecular complexity index is 1190. The Balaban J connectivity index is 1.41. The number of anilines is 2. The van der Waals surface area contributed by atoms with E-state index in [-0.39, 0.29) is 17.4 Å². The summed E-state index contributed by atoms with van der Waals surface area (Å²) < 4.78 is 99.3. The number of sulfonamides is 1. The summed E-state index contributed by atoms with van der Waals surface area (Å²) in [5, 5.41) is 3.09. The van der Waals surface area contributed by atoms with Crippen LogP contribution < -0.4 is 5.32 Å². The number of alkyl halides is 6. The van der Waals surface area contributed by atoms with Gasteiger partial charge in [-0.3, -0.25) is 4.79 Å². The van der Waals surface area contributed by atoms with E-state index < -0.39 is 52.2 Å². The van der Waals surface area contributed by atoms with Gasteiger partial charge in [0.25, 0.3) is 0 Å². The summed E-state index contributed by atoms with van der Waals surface area (Å²) in [4.78, 5) is 14.2. The van der Waals surface area contributed by atoms with E-state index in [4.69, 9.17) is 0 Å². The molecule has 0 bridgehead atoms. The Morgan fingerprint density at radius 1 is 0.971 bits per heavy atom. The first-order valence-electron chi connectivity index (χ1n) is 10.2. The van der Waals surface area contributed by atoms with Crippen LogP contribution in [0.1, 0.15) is 16.7 Å². The molecule has 6 nitrogen and oxygen atoms in total. The second-order valence-corrected chi connectivity index (χ2v) is 10.0. The molecule has 34 heavy (non-hydrogen) atoms. The summed E-state index contributed by atoms with van der Waals surface area (Å²) in [6.45, 7) is -0.557. The largest absolute Gasteiger partial charge is 0.511 e. The Hall–Kier alpha value is -2.80. The monoisotopic (exact) mass is 507 g/mol. The van der Waals surface area contributed by atoms with Gasteiger partial charge in [0, 0.05) is 37.6 Å². The molecule has 4 rings (SSSR count). The topological polar surface area (TPSA) is 69.7 Å². The normalized spacial score (nSPS) is 17.8. The van der Waals surface area contributed by atoms with Crippen molar-refractivity contribution in [2.45, 2.75) is 24.7 Å². The lowest BCUT2D eigenvalue weighted by molar-refractivity contribution is -0.140. The molecular formula is C21H19F6N3O3S. The maximum atomic E-state index is 12.8. The highest BCUT2D eigenvalue weighted by molar-refractivity contribution is 7.90. The number of hydrogen-bond acceptors (Lipinski definition) is 4. The van der Waals surface area contributed by atoms with Gasteiger partial charge in [0.2, 0.25) is 5.91 Å². The quantitative estimate of drug-likeness (QED) is 0.633. The molecule has 1 N–H and O–H groups in total. The molecule has 2 aliphatic rings. The molecule has 184 valence electrons. The Morgan fingerprint density at radius 3 is 2.21 bits per heavy atom. The fourth-order valence-corrected chi connectivity index (χ4v) is 5.05. The third kappa shape index (κ3) is 4.58. The van der Waals surface area contributed by atoms with Crippen LogP contribution in [0.2, 0.25) is 0 Å². The number of rotatable bonds is 4. The minimum absolute atomic E-state index is 0.194. The zero-order valence-corrected chi connectivity index (χ0v) is 18.3. The number of fused-ring (bicyclic) bond motifs is 1. The summed E-state index contributed by atoms with van der Waals surface area (Å²) in [7, 11) is -5.44. The van der Waals surface area contributed by atoms with Gasteiger partial charge in [-0.2, -0.15) is 30.6 Å². The van der Waals surface area contributed by atoms with Gasteiger partial charge in [-0.1, -0.05) is 12.1 Å². The molecule has 2 aromatic carbocycles. The van der Waals surface area contributed by atoms with Crippen molar-refractivity contribution in [2.75, 3.05) is 25.0 Å². The number of benzene rings is 2. The van der Waals surface area contributed by atoms with Crippen LogP contribution in [0.4, 0.5) is 37.7 Å². The van der Waals surface area contributed by atoms with Crippen molar-refractivity contribution in [1.29, 1.82) is 0 Å². The van der Waals surface area contributed by atoms with Crippen LogP contribution in [0, 0.1) is 5.92 Å². The van der Waals surface area contributed by atoms with Gasteiger partial charge in [0.15, 0.2) is 0 Å². The van der Waals surface area contributed by atoms with Crippen molar-refractivity contribution in [3.63, 3.8) is 0 Å². The molecule has 13 heteroatoms. The second kappa shape index (κ2) is 8.45. The predicted octanol–water partition coefficient (Wildman–Crippen LogP) is 4.12. The molecule has 0 aromatic heterocycles. The van der Waals surface area contributed by atoms with E-state index in [1.165, 1.54) is 17.0 Å². The molecule has 2 aliphatic heterocycles. The van der Waals surface area contributed by atoms with Crippen LogP contribution in [0.15, 0.2) is 42.5 Å². The van der Waals surface area contributed by atoms with E-state index in [2.05, 4.69) is 5.32 Å². The highest BCUT2D eigenvalue weighted by atomic mass is 32.2. The molecule has 1 amide bonds. The fourth-order valence-electron chi connectivity index (χ4n) is 4.01. The molecule has 1 fully saturated rings. The summed E-state index contributed by atoms with van der Waals surface area (Å²) >= 11 is 0. The van der Waals surface area contributed by atoms with E-state index in [1.54, 1.807) is 18.2 Å². The van der Waals surface area contributed by atoms with Gasteiger partial charge < -0.3 is 10.2 Å². The van der Waals surface area contributed by atoms with Gasteiger partial charge in [-0.15, -0.1) is 0 Å². The highest BCUT2D eigenvalue weighted by Gasteiger charge is 2.55. The van der Waals surface area contributed by atoms with Crippen LogP contribution in [-0.4, -0.2) is 48.7 Å². The van der Waals surface area contributed by atoms with Crippen molar-refractivity contribution in [3.05, 3.63) is 59.2 Å². The first-order valence-corrected chi connectivity index (χ1v) is 11.6. The number of nitrogens with one attached hydrogen (secondary N) is 1. The number of carbonyl (C=O) groups excluding carboxylic acids is 1. The maximum Gasteiger partial charge on any atom is 0.511 e. The molecule has 2 aromatic rings. The average Bonchev–Trinajstić information content (AvgIpc) is 2.71. The second-order valence-electron chi connectivity index (χ2n) is 8.12. The van der Waals surface area contributed by atoms with E-state index in [0.717, 1.165) is 23.3 Å². The lowest BCUT2D eigenvalue weighted by Crippen LogP contribution is -2.59. The Morgan fingerprint density at radius 2 is 1.62 bits per heavy atom. The van der Waals surface area contributed by atoms with E-state index in [0.29, 0.717) is 17.8 Å². The predicted molar refractivity (Wildman–Crippen MR) is 110 cm³/mol. The molecule has 0 saturated carbocycles. The SMILES string of the molecule is O=C(C1CN(S(=O)(=O)C(F)(F)F)C1)N1CCc2c(cccc2Nc2ccc(C(F)(F)F)cc2)C1. The fraction of sp³-hybridized carbons (Fsp3) is 0.381. The lowest BCUT2D eigenvalue weighted by atomic mass is 9.95. The lowest BCUT2D eigenvalue weighted by Gasteiger charge is -2.40. The molecule has 2 heterocycles. The third-order valence-electron chi connectivity index (χ3n) is 5.90. The highest BCUT2D eigenvalue weighted by Crippen LogP contribution is 2.35. The van der Waals surface area contributed by atoms with Crippen LogP contribution in [0.25, 0.3) is 0 Å². The van der Waals surface area contributed by atoms with Crippen molar-refractivity contribution < 1.29 is 39.6 Å². The Kier molecular flexibility index (Phi) is 6.05. The van der Waals surface area contributed by atoms with Gasteiger partial charge in [-0.05, 0) is 47.9 Å². The number of halogens is 6. The molecular weight excluding hydrogens is 488 g/mol. The van der Waals surface area contributed by atoms with Crippen LogP contribution >= 0.6 is 0 Å². The van der Waals surface area contributed by atoms with Crippen LogP contribution in [0.3, 0.4) is 0 Å². The molecule has 0 radical (unpaired) electrons. The molecule has 0 aliphatic carbocycles. The Labute approximate surface area is 191 Å². The standard InChI is InChI=1S/C21H19F6N3O3S/c22-20(23,24)15-4-6-16(7-5-15)28-18-3-1-2-13-10-29(9-8-17(13)18)19(31)14-11-30(12-14)34(32,33)21(25,26)27/h1-7,14,28H,8-12H2. The van der Waals surface area contributed by atoms with Crippen molar-refractivity contribution >= 4 is 27.3 Å². The summed E-state index contributed by atoms with van der Waals surface area (Å²) in [5.74, 6) is -1.26. The zero-order chi connectivity index (χ0) is 24.9.